The Morgan fingerprint density at radius 3 is 2.65 bits per heavy atom. The summed E-state index contributed by atoms with van der Waals surface area (Å²) in [6.45, 7) is 2.99. The zero-order valence-corrected chi connectivity index (χ0v) is 15.3. The number of aryl methyl sites for hydroxylation is 1. The number of hydrogen-bond acceptors (Lipinski definition) is 5. The number of carbonyl (C=O) groups is 1. The van der Waals surface area contributed by atoms with Crippen molar-refractivity contribution in [2.45, 2.75) is 19.9 Å². The van der Waals surface area contributed by atoms with E-state index < -0.39 is 0 Å². The minimum Gasteiger partial charge on any atom is -0.497 e. The van der Waals surface area contributed by atoms with E-state index in [0.717, 1.165) is 33.0 Å². The van der Waals surface area contributed by atoms with Crippen molar-refractivity contribution in [3.63, 3.8) is 0 Å². The van der Waals surface area contributed by atoms with Gasteiger partial charge in [0.1, 0.15) is 5.75 Å². The predicted octanol–water partition coefficient (Wildman–Crippen LogP) is 3.13. The third-order valence-corrected chi connectivity index (χ3v) is 5.27. The Kier molecular flexibility index (Phi) is 4.38. The van der Waals surface area contributed by atoms with Crippen LogP contribution in [-0.4, -0.2) is 24.4 Å². The van der Waals surface area contributed by atoms with E-state index in [-0.39, 0.29) is 19.1 Å². The van der Waals surface area contributed by atoms with Crippen molar-refractivity contribution >= 4 is 27.5 Å². The molecule has 2 aromatic carbocycles. The molecule has 3 aromatic rings. The van der Waals surface area contributed by atoms with Crippen molar-refractivity contribution in [1.82, 2.24) is 4.57 Å². The molecular formula is C19H18N2O4S. The van der Waals surface area contributed by atoms with Crippen molar-refractivity contribution in [1.29, 1.82) is 0 Å². The lowest BCUT2D eigenvalue weighted by atomic mass is 10.1. The Morgan fingerprint density at radius 1 is 1.23 bits per heavy atom. The highest BCUT2D eigenvalue weighted by Gasteiger charge is 2.17. The summed E-state index contributed by atoms with van der Waals surface area (Å²) < 4.78 is 19.1. The van der Waals surface area contributed by atoms with Gasteiger partial charge >= 0.3 is 0 Å². The lowest BCUT2D eigenvalue weighted by Gasteiger charge is -2.02. The van der Waals surface area contributed by atoms with Gasteiger partial charge in [0.25, 0.3) is 5.91 Å². The van der Waals surface area contributed by atoms with Gasteiger partial charge in [-0.3, -0.25) is 4.79 Å². The summed E-state index contributed by atoms with van der Waals surface area (Å²) in [5.74, 6) is 2.06. The van der Waals surface area contributed by atoms with Crippen LogP contribution < -0.4 is 19.0 Å². The summed E-state index contributed by atoms with van der Waals surface area (Å²) in [4.78, 5) is 17.5. The normalized spacial score (nSPS) is 13.4. The van der Waals surface area contributed by atoms with Gasteiger partial charge in [0.2, 0.25) is 6.79 Å². The molecule has 1 aromatic heterocycles. The van der Waals surface area contributed by atoms with Gasteiger partial charge in [0.05, 0.1) is 23.7 Å². The Morgan fingerprint density at radius 2 is 1.96 bits per heavy atom. The molecule has 26 heavy (non-hydrogen) atoms. The summed E-state index contributed by atoms with van der Waals surface area (Å²) in [5.41, 5.74) is 1.90. The van der Waals surface area contributed by atoms with Crippen LogP contribution in [0.2, 0.25) is 0 Å². The van der Waals surface area contributed by atoms with E-state index in [2.05, 4.69) is 4.99 Å². The first-order chi connectivity index (χ1) is 12.7. The summed E-state index contributed by atoms with van der Waals surface area (Å²) in [5, 5.41) is 0. The van der Waals surface area contributed by atoms with Crippen molar-refractivity contribution in [3.8, 4) is 17.2 Å². The monoisotopic (exact) mass is 370 g/mol. The van der Waals surface area contributed by atoms with E-state index in [0.29, 0.717) is 11.3 Å². The molecule has 0 unspecified atom stereocenters. The zero-order valence-electron chi connectivity index (χ0n) is 14.5. The fourth-order valence-electron chi connectivity index (χ4n) is 2.91. The molecule has 1 aliphatic heterocycles. The molecule has 0 N–H and O–H groups in total. The average Bonchev–Trinajstić information content (AvgIpc) is 3.23. The number of rotatable bonds is 4. The third kappa shape index (κ3) is 3.06. The molecule has 2 heterocycles. The highest BCUT2D eigenvalue weighted by Crippen LogP contribution is 2.36. The smallest absolute Gasteiger partial charge is 0.252 e. The lowest BCUT2D eigenvalue weighted by Crippen LogP contribution is -2.16. The Balaban J connectivity index is 1.67. The lowest BCUT2D eigenvalue weighted by molar-refractivity contribution is -0.117. The van der Waals surface area contributed by atoms with Gasteiger partial charge in [-0.25, -0.2) is 0 Å². The van der Waals surface area contributed by atoms with Gasteiger partial charge in [-0.1, -0.05) is 23.5 Å². The standard InChI is InChI=1S/C19H18N2O4S/c1-3-21-14-9-15-16(25-11-24-15)10-17(14)26-19(21)20-18(22)8-12-4-6-13(23-2)7-5-12/h4-7,9-10H,3,8,11H2,1-2H3. The summed E-state index contributed by atoms with van der Waals surface area (Å²) in [6.07, 6.45) is 0.255. The molecule has 1 amide bonds. The van der Waals surface area contributed by atoms with E-state index in [1.54, 1.807) is 7.11 Å². The maximum atomic E-state index is 12.4. The van der Waals surface area contributed by atoms with Crippen molar-refractivity contribution in [2.75, 3.05) is 13.9 Å². The maximum absolute atomic E-state index is 12.4. The van der Waals surface area contributed by atoms with E-state index in [4.69, 9.17) is 14.2 Å². The maximum Gasteiger partial charge on any atom is 0.252 e. The Bertz CT molecular complexity index is 1030. The number of hydrogen-bond donors (Lipinski definition) is 0. The van der Waals surface area contributed by atoms with Crippen LogP contribution in [0.5, 0.6) is 17.2 Å². The molecule has 6 nitrogen and oxygen atoms in total. The minimum absolute atomic E-state index is 0.177. The molecule has 0 saturated heterocycles. The van der Waals surface area contributed by atoms with E-state index in [9.17, 15) is 4.79 Å². The van der Waals surface area contributed by atoms with Gasteiger partial charge in [-0.2, -0.15) is 4.99 Å². The second kappa shape index (κ2) is 6.84. The molecule has 0 spiro atoms. The van der Waals surface area contributed by atoms with Gasteiger partial charge in [-0.05, 0) is 24.6 Å². The van der Waals surface area contributed by atoms with Crippen molar-refractivity contribution < 1.29 is 19.0 Å². The minimum atomic E-state index is -0.177. The number of ether oxygens (including phenoxy) is 3. The van der Waals surface area contributed by atoms with E-state index >= 15 is 0 Å². The summed E-state index contributed by atoms with van der Waals surface area (Å²) in [6, 6.07) is 11.3. The molecular weight excluding hydrogens is 352 g/mol. The number of aromatic nitrogens is 1. The highest BCUT2D eigenvalue weighted by atomic mass is 32.1. The third-order valence-electron chi connectivity index (χ3n) is 4.23. The molecule has 0 bridgehead atoms. The number of amides is 1. The molecule has 7 heteroatoms. The van der Waals surface area contributed by atoms with Crippen LogP contribution in [0.3, 0.4) is 0 Å². The predicted molar refractivity (Wildman–Crippen MR) is 98.9 cm³/mol. The Hall–Kier alpha value is -2.80. The SMILES string of the molecule is CCn1c(=NC(=O)Cc2ccc(OC)cc2)sc2cc3c(cc21)OCO3. The summed E-state index contributed by atoms with van der Waals surface area (Å²) >= 11 is 1.48. The summed E-state index contributed by atoms with van der Waals surface area (Å²) in [7, 11) is 1.62. The molecule has 4 rings (SSSR count). The zero-order chi connectivity index (χ0) is 18.1. The number of methoxy groups -OCH3 is 1. The van der Waals surface area contributed by atoms with Gasteiger partial charge in [0.15, 0.2) is 16.3 Å². The molecule has 0 fully saturated rings. The molecule has 0 atom stereocenters. The first-order valence-corrected chi connectivity index (χ1v) is 9.13. The van der Waals surface area contributed by atoms with Crippen LogP contribution in [0.4, 0.5) is 0 Å². The number of nitrogens with zero attached hydrogens (tertiary/aromatic N) is 2. The van der Waals surface area contributed by atoms with Crippen LogP contribution in [0.15, 0.2) is 41.4 Å². The fourth-order valence-corrected chi connectivity index (χ4v) is 4.04. The second-order valence-electron chi connectivity index (χ2n) is 5.83. The topological polar surface area (TPSA) is 62.1 Å². The molecule has 1 aliphatic rings. The fraction of sp³-hybridized carbons (Fsp3) is 0.263. The van der Waals surface area contributed by atoms with Crippen LogP contribution >= 0.6 is 11.3 Å². The first-order valence-electron chi connectivity index (χ1n) is 8.31. The van der Waals surface area contributed by atoms with Crippen LogP contribution in [0.1, 0.15) is 12.5 Å². The van der Waals surface area contributed by atoms with Crippen LogP contribution in [-0.2, 0) is 17.8 Å². The molecule has 0 saturated carbocycles. The van der Waals surface area contributed by atoms with Gasteiger partial charge in [-0.15, -0.1) is 0 Å². The number of benzene rings is 2. The molecule has 134 valence electrons. The number of thiazole rings is 1. The number of carbonyl (C=O) groups excluding carboxylic acids is 1. The largest absolute Gasteiger partial charge is 0.497 e. The first kappa shape index (κ1) is 16.7. The molecule has 0 aliphatic carbocycles. The van der Waals surface area contributed by atoms with Gasteiger partial charge in [0, 0.05) is 18.7 Å². The second-order valence-corrected chi connectivity index (χ2v) is 6.84. The quantitative estimate of drug-likeness (QED) is 0.708. The van der Waals surface area contributed by atoms with Crippen molar-refractivity contribution in [2.24, 2.45) is 4.99 Å². The van der Waals surface area contributed by atoms with Crippen molar-refractivity contribution in [3.05, 3.63) is 46.8 Å². The van der Waals surface area contributed by atoms with Crippen LogP contribution in [0, 0.1) is 0 Å². The molecule has 0 radical (unpaired) electrons. The Labute approximate surface area is 154 Å². The number of fused-ring (bicyclic) bond motifs is 2. The highest BCUT2D eigenvalue weighted by molar-refractivity contribution is 7.16. The van der Waals surface area contributed by atoms with Crippen LogP contribution in [0.25, 0.3) is 10.2 Å². The van der Waals surface area contributed by atoms with Gasteiger partial charge < -0.3 is 18.8 Å². The average molecular weight is 370 g/mol. The van der Waals surface area contributed by atoms with E-state index in [1.807, 2.05) is 47.9 Å². The van der Waals surface area contributed by atoms with E-state index in [1.165, 1.54) is 11.3 Å².